The first kappa shape index (κ1) is 22.0. The molecule has 0 aliphatic rings. The molecule has 0 fully saturated rings. The summed E-state index contributed by atoms with van der Waals surface area (Å²) in [5.41, 5.74) is 2.92. The van der Waals surface area contributed by atoms with Crippen LogP contribution in [-0.4, -0.2) is 37.5 Å². The van der Waals surface area contributed by atoms with Crippen LogP contribution >= 0.6 is 0 Å². The summed E-state index contributed by atoms with van der Waals surface area (Å²) in [6, 6.07) is 19.0. The number of ether oxygens (including phenoxy) is 1. The van der Waals surface area contributed by atoms with E-state index in [0.717, 1.165) is 30.4 Å². The maximum Gasteiger partial charge on any atom is 0.291 e. The molecule has 0 aliphatic carbocycles. The van der Waals surface area contributed by atoms with Crippen molar-refractivity contribution in [3.8, 4) is 5.75 Å². The van der Waals surface area contributed by atoms with Gasteiger partial charge in [-0.05, 0) is 54.4 Å². The van der Waals surface area contributed by atoms with Crippen LogP contribution in [0.4, 0.5) is 5.69 Å². The van der Waals surface area contributed by atoms with Gasteiger partial charge in [-0.3, -0.25) is 4.79 Å². The molecule has 7 nitrogen and oxygen atoms in total. The number of carbonyl (C=O) groups excluding carboxylic acids is 1. The third-order valence-electron chi connectivity index (χ3n) is 4.64. The molecule has 0 aliphatic heterocycles. The number of benzene rings is 2. The van der Waals surface area contributed by atoms with Crippen molar-refractivity contribution in [3.63, 3.8) is 0 Å². The quantitative estimate of drug-likeness (QED) is 0.423. The van der Waals surface area contributed by atoms with Crippen LogP contribution in [0.1, 0.15) is 28.6 Å². The van der Waals surface area contributed by atoms with Gasteiger partial charge in [0.25, 0.3) is 5.91 Å². The topological polar surface area (TPSA) is 79.1 Å². The normalized spacial score (nSPS) is 11.1. The van der Waals surface area contributed by atoms with Crippen LogP contribution in [-0.2, 0) is 13.1 Å². The van der Waals surface area contributed by atoms with Crippen molar-refractivity contribution in [1.82, 2.24) is 10.2 Å². The molecule has 162 valence electrons. The van der Waals surface area contributed by atoms with E-state index in [1.165, 1.54) is 11.8 Å². The average molecular weight is 421 g/mol. The third-order valence-corrected chi connectivity index (χ3v) is 4.64. The number of amides is 1. The van der Waals surface area contributed by atoms with Crippen LogP contribution in [0.5, 0.6) is 5.75 Å². The zero-order valence-electron chi connectivity index (χ0n) is 18.1. The van der Waals surface area contributed by atoms with Gasteiger partial charge in [0.15, 0.2) is 11.7 Å². The van der Waals surface area contributed by atoms with Gasteiger partial charge >= 0.3 is 0 Å². The van der Waals surface area contributed by atoms with Crippen LogP contribution in [0.2, 0.25) is 0 Å². The SMILES string of the molecule is CCNC(=NCc1ccc(NC(=O)c2ccco2)cc1)N(C)Cc1ccc(OC)cc1. The number of nitrogens with zero attached hydrogens (tertiary/aromatic N) is 2. The van der Waals surface area contributed by atoms with E-state index < -0.39 is 0 Å². The number of methoxy groups -OCH3 is 1. The molecule has 0 saturated heterocycles. The lowest BCUT2D eigenvalue weighted by Crippen LogP contribution is -2.38. The van der Waals surface area contributed by atoms with Crippen LogP contribution < -0.4 is 15.4 Å². The zero-order chi connectivity index (χ0) is 22.1. The van der Waals surface area contributed by atoms with Crippen LogP contribution in [0.3, 0.4) is 0 Å². The fourth-order valence-corrected chi connectivity index (χ4v) is 3.01. The van der Waals surface area contributed by atoms with Gasteiger partial charge in [-0.2, -0.15) is 0 Å². The molecule has 2 N–H and O–H groups in total. The van der Waals surface area contributed by atoms with Gasteiger partial charge in [-0.15, -0.1) is 0 Å². The number of furan rings is 1. The van der Waals surface area contributed by atoms with Crippen LogP contribution in [0, 0.1) is 0 Å². The summed E-state index contributed by atoms with van der Waals surface area (Å²) in [5.74, 6) is 1.68. The molecule has 7 heteroatoms. The summed E-state index contributed by atoms with van der Waals surface area (Å²) < 4.78 is 10.3. The minimum Gasteiger partial charge on any atom is -0.497 e. The Morgan fingerprint density at radius 2 is 1.77 bits per heavy atom. The van der Waals surface area contributed by atoms with Gasteiger partial charge in [-0.25, -0.2) is 4.99 Å². The smallest absolute Gasteiger partial charge is 0.291 e. The van der Waals surface area contributed by atoms with Gasteiger partial charge in [0.1, 0.15) is 5.75 Å². The summed E-state index contributed by atoms with van der Waals surface area (Å²) >= 11 is 0. The van der Waals surface area contributed by atoms with Crippen LogP contribution in [0.15, 0.2) is 76.3 Å². The number of nitrogens with one attached hydrogen (secondary N) is 2. The summed E-state index contributed by atoms with van der Waals surface area (Å²) in [6.45, 7) is 4.09. The van der Waals surface area contributed by atoms with Gasteiger partial charge in [0.05, 0.1) is 19.9 Å². The Bertz CT molecular complexity index is 981. The van der Waals surface area contributed by atoms with Crippen LogP contribution in [0.25, 0.3) is 0 Å². The Balaban J connectivity index is 1.60. The monoisotopic (exact) mass is 420 g/mol. The highest BCUT2D eigenvalue weighted by molar-refractivity contribution is 6.02. The molecule has 1 amide bonds. The Hall–Kier alpha value is -3.74. The largest absolute Gasteiger partial charge is 0.497 e. The number of guanidine groups is 1. The van der Waals surface area contributed by atoms with E-state index in [1.54, 1.807) is 19.2 Å². The lowest BCUT2D eigenvalue weighted by molar-refractivity contribution is 0.0996. The molecule has 0 bridgehead atoms. The van der Waals surface area contributed by atoms with E-state index in [9.17, 15) is 4.79 Å². The molecule has 1 aromatic heterocycles. The molecular weight excluding hydrogens is 392 g/mol. The highest BCUT2D eigenvalue weighted by atomic mass is 16.5. The Morgan fingerprint density at radius 3 is 2.39 bits per heavy atom. The minimum absolute atomic E-state index is 0.273. The van der Waals surface area contributed by atoms with Gasteiger partial charge in [0.2, 0.25) is 0 Å². The molecular formula is C24H28N4O3. The number of carbonyl (C=O) groups is 1. The van der Waals surface area contributed by atoms with Crippen molar-refractivity contribution in [2.24, 2.45) is 4.99 Å². The van der Waals surface area contributed by atoms with Crippen molar-refractivity contribution < 1.29 is 13.9 Å². The maximum atomic E-state index is 12.1. The predicted molar refractivity (Wildman–Crippen MR) is 122 cm³/mol. The van der Waals surface area contributed by atoms with Crippen molar-refractivity contribution in [2.75, 3.05) is 26.0 Å². The van der Waals surface area contributed by atoms with E-state index in [1.807, 2.05) is 50.4 Å². The minimum atomic E-state index is -0.273. The second-order valence-corrected chi connectivity index (χ2v) is 7.00. The van der Waals surface area contributed by atoms with E-state index in [0.29, 0.717) is 12.2 Å². The van der Waals surface area contributed by atoms with Gasteiger partial charge < -0.3 is 24.7 Å². The maximum absolute atomic E-state index is 12.1. The first-order valence-corrected chi connectivity index (χ1v) is 10.1. The fourth-order valence-electron chi connectivity index (χ4n) is 3.01. The molecule has 2 aromatic carbocycles. The summed E-state index contributed by atoms with van der Waals surface area (Å²) in [7, 11) is 3.68. The van der Waals surface area contributed by atoms with E-state index >= 15 is 0 Å². The molecule has 3 aromatic rings. The number of anilines is 1. The lowest BCUT2D eigenvalue weighted by atomic mass is 10.2. The van der Waals surface area contributed by atoms with Gasteiger partial charge in [-0.1, -0.05) is 24.3 Å². The average Bonchev–Trinajstić information content (AvgIpc) is 3.33. The van der Waals surface area contributed by atoms with E-state index in [-0.39, 0.29) is 11.7 Å². The standard InChI is InChI=1S/C24H28N4O3/c1-4-25-24(28(2)17-19-9-13-21(30-3)14-10-19)26-16-18-7-11-20(12-8-18)27-23(29)22-6-5-15-31-22/h5-15H,4,16-17H2,1-3H3,(H,25,26)(H,27,29). The second kappa shape index (κ2) is 10.9. The van der Waals surface area contributed by atoms with Gasteiger partial charge in [0, 0.05) is 25.8 Å². The molecule has 31 heavy (non-hydrogen) atoms. The Kier molecular flexibility index (Phi) is 7.70. The summed E-state index contributed by atoms with van der Waals surface area (Å²) in [5, 5.41) is 6.14. The first-order valence-electron chi connectivity index (χ1n) is 10.1. The Labute approximate surface area is 182 Å². The molecule has 3 rings (SSSR count). The van der Waals surface area contributed by atoms with Crippen molar-refractivity contribution in [2.45, 2.75) is 20.0 Å². The molecule has 0 unspecified atom stereocenters. The predicted octanol–water partition coefficient (Wildman–Crippen LogP) is 4.14. The molecule has 0 radical (unpaired) electrons. The third kappa shape index (κ3) is 6.37. The summed E-state index contributed by atoms with van der Waals surface area (Å²) in [4.78, 5) is 18.9. The molecule has 0 saturated carbocycles. The lowest BCUT2D eigenvalue weighted by Gasteiger charge is -2.22. The number of hydrogen-bond acceptors (Lipinski definition) is 4. The Morgan fingerprint density at radius 1 is 1.06 bits per heavy atom. The molecule has 1 heterocycles. The van der Waals surface area contributed by atoms with E-state index in [2.05, 4.69) is 27.7 Å². The number of aliphatic imine (C=N–C) groups is 1. The van der Waals surface area contributed by atoms with Crippen molar-refractivity contribution in [3.05, 3.63) is 83.8 Å². The van der Waals surface area contributed by atoms with Crippen molar-refractivity contribution in [1.29, 1.82) is 0 Å². The number of rotatable bonds is 8. The highest BCUT2D eigenvalue weighted by Crippen LogP contribution is 2.14. The summed E-state index contributed by atoms with van der Waals surface area (Å²) in [6.07, 6.45) is 1.48. The molecule has 0 atom stereocenters. The second-order valence-electron chi connectivity index (χ2n) is 7.00. The first-order chi connectivity index (χ1) is 15.1. The fraction of sp³-hybridized carbons (Fsp3) is 0.250. The zero-order valence-corrected chi connectivity index (χ0v) is 18.1. The highest BCUT2D eigenvalue weighted by Gasteiger charge is 2.09. The number of hydrogen-bond donors (Lipinski definition) is 2. The molecule has 0 spiro atoms. The van der Waals surface area contributed by atoms with Crippen molar-refractivity contribution >= 4 is 17.6 Å². The van der Waals surface area contributed by atoms with E-state index in [4.69, 9.17) is 14.1 Å².